The smallest absolute Gasteiger partial charge is 0.264 e. The van der Waals surface area contributed by atoms with Crippen LogP contribution < -0.4 is 0 Å². The maximum absolute atomic E-state index is 11.1. The van der Waals surface area contributed by atoms with Crippen LogP contribution in [-0.4, -0.2) is 44.4 Å². The Bertz CT molecular complexity index is 748. The van der Waals surface area contributed by atoms with E-state index in [0.29, 0.717) is 0 Å². The molecule has 1 aromatic rings. The van der Waals surface area contributed by atoms with Crippen molar-refractivity contribution in [2.24, 2.45) is 21.2 Å². The molecule has 1 aromatic heterocycles. The van der Waals surface area contributed by atoms with Gasteiger partial charge in [0, 0.05) is 18.9 Å². The molecule has 0 aromatic carbocycles. The zero-order valence-electron chi connectivity index (χ0n) is 17.8. The van der Waals surface area contributed by atoms with Gasteiger partial charge in [0.15, 0.2) is 0 Å². The van der Waals surface area contributed by atoms with Gasteiger partial charge in [-0.1, -0.05) is 39.0 Å². The molecule has 1 aliphatic heterocycles. The lowest BCUT2D eigenvalue weighted by Crippen LogP contribution is -2.28. The van der Waals surface area contributed by atoms with Crippen molar-refractivity contribution in [3.63, 3.8) is 0 Å². The molecule has 1 unspecified atom stereocenters. The summed E-state index contributed by atoms with van der Waals surface area (Å²) in [5, 5.41) is 10.8. The number of aromatic nitrogens is 1. The van der Waals surface area contributed by atoms with Crippen molar-refractivity contribution in [1.82, 2.24) is 9.99 Å². The number of rotatable bonds is 11. The van der Waals surface area contributed by atoms with Crippen LogP contribution in [0.2, 0.25) is 0 Å². The van der Waals surface area contributed by atoms with E-state index in [2.05, 4.69) is 43.0 Å². The van der Waals surface area contributed by atoms with Crippen LogP contribution in [0.15, 0.2) is 34.9 Å². The second kappa shape index (κ2) is 9.31. The van der Waals surface area contributed by atoms with Gasteiger partial charge in [0.1, 0.15) is 6.04 Å². The van der Waals surface area contributed by atoms with E-state index < -0.39 is 10.1 Å². The van der Waals surface area contributed by atoms with Gasteiger partial charge in [0.05, 0.1) is 19.4 Å². The highest BCUT2D eigenvalue weighted by atomic mass is 32.2. The summed E-state index contributed by atoms with van der Waals surface area (Å²) >= 11 is 0. The quantitative estimate of drug-likeness (QED) is 0.399. The summed E-state index contributed by atoms with van der Waals surface area (Å²) in [5.41, 5.74) is 1.38. The second-order valence-electron chi connectivity index (χ2n) is 9.30. The van der Waals surface area contributed by atoms with Crippen molar-refractivity contribution < 1.29 is 12.6 Å². The minimum absolute atomic E-state index is 0.0723. The fraction of sp³-hybridized carbons (Fsp3) is 0.750. The molecule has 28 heavy (non-hydrogen) atoms. The monoisotopic (exact) mass is 410 g/mol. The van der Waals surface area contributed by atoms with Crippen LogP contribution in [0, 0.1) is 10.8 Å². The highest BCUT2D eigenvalue weighted by Crippen LogP contribution is 2.39. The van der Waals surface area contributed by atoms with E-state index in [4.69, 9.17) is 4.18 Å². The number of pyridine rings is 1. The molecule has 8 heteroatoms. The third kappa shape index (κ3) is 8.22. The molecule has 0 aliphatic carbocycles. The topological polar surface area (TPSA) is 84.2 Å². The summed E-state index contributed by atoms with van der Waals surface area (Å²) in [6, 6.07) is 4.04. The maximum Gasteiger partial charge on any atom is 0.264 e. The molecule has 2 rings (SSSR count). The lowest BCUT2D eigenvalue weighted by atomic mass is 9.71. The first-order valence-electron chi connectivity index (χ1n) is 9.86. The number of nitrogens with zero attached hydrogens (tertiary/aromatic N) is 4. The number of hydrogen-bond acceptors (Lipinski definition) is 7. The van der Waals surface area contributed by atoms with E-state index in [0.717, 1.165) is 50.6 Å². The van der Waals surface area contributed by atoms with Crippen LogP contribution >= 0.6 is 0 Å². The van der Waals surface area contributed by atoms with Gasteiger partial charge in [-0.15, -0.1) is 0 Å². The van der Waals surface area contributed by atoms with Gasteiger partial charge < -0.3 is 0 Å². The highest BCUT2D eigenvalue weighted by molar-refractivity contribution is 7.85. The van der Waals surface area contributed by atoms with Gasteiger partial charge >= 0.3 is 0 Å². The molecular formula is C20H34N4O3S. The molecule has 158 valence electrons. The largest absolute Gasteiger partial charge is 0.276 e. The molecule has 0 amide bonds. The van der Waals surface area contributed by atoms with Gasteiger partial charge in [-0.25, -0.2) is 0 Å². The summed E-state index contributed by atoms with van der Waals surface area (Å²) in [4.78, 5) is 4.16. The van der Waals surface area contributed by atoms with Gasteiger partial charge in [0.25, 0.3) is 10.1 Å². The predicted octanol–water partition coefficient (Wildman–Crippen LogP) is 4.39. The van der Waals surface area contributed by atoms with E-state index in [1.165, 1.54) is 0 Å². The second-order valence-corrected chi connectivity index (χ2v) is 10.9. The highest BCUT2D eigenvalue weighted by Gasteiger charge is 2.30. The van der Waals surface area contributed by atoms with Gasteiger partial charge in [-0.2, -0.15) is 13.5 Å². The van der Waals surface area contributed by atoms with Crippen LogP contribution in [0.25, 0.3) is 0 Å². The Morgan fingerprint density at radius 1 is 1.21 bits per heavy atom. The Balaban J connectivity index is 1.74. The first kappa shape index (κ1) is 22.7. The van der Waals surface area contributed by atoms with E-state index in [-0.39, 0.29) is 23.5 Å². The lowest BCUT2D eigenvalue weighted by molar-refractivity contribution is 0.142. The third-order valence-electron chi connectivity index (χ3n) is 5.07. The minimum atomic E-state index is -3.35. The van der Waals surface area contributed by atoms with Crippen molar-refractivity contribution in [2.75, 3.05) is 26.0 Å². The Morgan fingerprint density at radius 3 is 2.57 bits per heavy atom. The average Bonchev–Trinajstić information content (AvgIpc) is 3.05. The molecule has 0 fully saturated rings. The molecule has 0 spiro atoms. The molecule has 0 bridgehead atoms. The van der Waals surface area contributed by atoms with Crippen molar-refractivity contribution >= 4 is 10.1 Å². The Labute approximate surface area is 169 Å². The molecule has 0 saturated heterocycles. The summed E-state index contributed by atoms with van der Waals surface area (Å²) in [7, 11) is -3.35. The van der Waals surface area contributed by atoms with Crippen LogP contribution in [0.1, 0.15) is 65.0 Å². The van der Waals surface area contributed by atoms with Crippen LogP contribution in [-0.2, 0) is 14.3 Å². The molecule has 7 nitrogen and oxygen atoms in total. The summed E-state index contributed by atoms with van der Waals surface area (Å²) < 4.78 is 27.0. The third-order valence-corrected chi connectivity index (χ3v) is 5.66. The first-order valence-corrected chi connectivity index (χ1v) is 11.7. The van der Waals surface area contributed by atoms with Crippen LogP contribution in [0.5, 0.6) is 0 Å². The normalized spacial score (nSPS) is 18.0. The zero-order chi connectivity index (χ0) is 20.8. The molecular weight excluding hydrogens is 376 g/mol. The number of hydrogen-bond donors (Lipinski definition) is 0. The molecule has 1 aliphatic rings. The standard InChI is InChI=1S/C20H34N4O3S/c1-19(2,9-7-13-27-28(5,25)26)16-20(3,4)10-12-24-15-18(22-23-24)17-8-6-11-21-14-17/h6,8,11,14,18H,7,9-10,12-13,15-16H2,1-5H3. The van der Waals surface area contributed by atoms with E-state index in [9.17, 15) is 8.42 Å². The molecule has 0 saturated carbocycles. The van der Waals surface area contributed by atoms with Crippen molar-refractivity contribution in [3.8, 4) is 0 Å². The molecule has 1 atom stereocenters. The van der Waals surface area contributed by atoms with Crippen molar-refractivity contribution in [3.05, 3.63) is 30.1 Å². The zero-order valence-corrected chi connectivity index (χ0v) is 18.6. The fourth-order valence-corrected chi connectivity index (χ4v) is 4.37. The predicted molar refractivity (Wildman–Crippen MR) is 110 cm³/mol. The Kier molecular flexibility index (Phi) is 7.56. The maximum atomic E-state index is 11.1. The molecule has 2 heterocycles. The van der Waals surface area contributed by atoms with Crippen LogP contribution in [0.4, 0.5) is 0 Å². The van der Waals surface area contributed by atoms with E-state index in [1.54, 1.807) is 6.20 Å². The first-order chi connectivity index (χ1) is 13.0. The summed E-state index contributed by atoms with van der Waals surface area (Å²) in [5.74, 6) is 0. The summed E-state index contributed by atoms with van der Waals surface area (Å²) in [6.45, 7) is 11.0. The fourth-order valence-electron chi connectivity index (χ4n) is 3.95. The van der Waals surface area contributed by atoms with E-state index >= 15 is 0 Å². The average molecular weight is 411 g/mol. The van der Waals surface area contributed by atoms with Crippen LogP contribution in [0.3, 0.4) is 0 Å². The lowest BCUT2D eigenvalue weighted by Gasteiger charge is -2.36. The van der Waals surface area contributed by atoms with Crippen molar-refractivity contribution in [2.45, 2.75) is 59.4 Å². The SMILES string of the molecule is CC(C)(CCCOS(C)(=O)=O)CC(C)(C)CCN1CC(c2cccnc2)N=N1. The van der Waals surface area contributed by atoms with Gasteiger partial charge in [-0.05, 0) is 48.1 Å². The van der Waals surface area contributed by atoms with Crippen molar-refractivity contribution in [1.29, 1.82) is 0 Å². The minimum Gasteiger partial charge on any atom is -0.276 e. The van der Waals surface area contributed by atoms with E-state index in [1.807, 2.05) is 23.3 Å². The summed E-state index contributed by atoms with van der Waals surface area (Å²) in [6.07, 6.45) is 8.46. The Morgan fingerprint density at radius 2 is 1.93 bits per heavy atom. The van der Waals surface area contributed by atoms with Gasteiger partial charge in [-0.3, -0.25) is 14.2 Å². The Hall–Kier alpha value is -1.54. The van der Waals surface area contributed by atoms with Gasteiger partial charge in [0.2, 0.25) is 0 Å². The molecule has 0 radical (unpaired) electrons. The molecule has 0 N–H and O–H groups in total.